The van der Waals surface area contributed by atoms with Crippen LogP contribution < -0.4 is 4.72 Å². The molecule has 1 atom stereocenters. The Balaban J connectivity index is 2.83. The minimum atomic E-state index is -1.02. The molecule has 0 saturated heterocycles. The average Bonchev–Trinajstić information content (AvgIpc) is 2.02. The first-order chi connectivity index (χ1) is 6.11. The molecule has 1 aromatic rings. The minimum absolute atomic E-state index is 0.574. The van der Waals surface area contributed by atoms with E-state index in [9.17, 15) is 4.21 Å². The third kappa shape index (κ3) is 3.67. The van der Waals surface area contributed by atoms with E-state index in [0.29, 0.717) is 10.8 Å². The topological polar surface area (TPSA) is 29.1 Å². The van der Waals surface area contributed by atoms with Gasteiger partial charge in [-0.2, -0.15) is 0 Å². The number of halogens is 2. The Hall–Kier alpha value is -0.0600. The second-order valence-corrected chi connectivity index (χ2v) is 5.22. The summed E-state index contributed by atoms with van der Waals surface area (Å²) >= 11 is 9.11. The summed E-state index contributed by atoms with van der Waals surface area (Å²) < 4.78 is 14.8. The minimum Gasteiger partial charge on any atom is -0.305 e. The molecule has 5 heteroatoms. The third-order valence-corrected chi connectivity index (χ3v) is 3.02. The normalized spacial score (nSPS) is 12.5. The highest BCUT2D eigenvalue weighted by Gasteiger charge is 1.99. The van der Waals surface area contributed by atoms with Gasteiger partial charge in [-0.25, -0.2) is 4.21 Å². The Morgan fingerprint density at radius 1 is 1.54 bits per heavy atom. The van der Waals surface area contributed by atoms with Gasteiger partial charge in [0.25, 0.3) is 0 Å². The summed E-state index contributed by atoms with van der Waals surface area (Å²) in [5, 5.41) is 0.616. The monoisotopic (exact) mass is 281 g/mol. The van der Waals surface area contributed by atoms with Crippen molar-refractivity contribution in [3.05, 3.63) is 27.7 Å². The van der Waals surface area contributed by atoms with Gasteiger partial charge < -0.3 is 4.72 Å². The Kier molecular flexibility index (Phi) is 4.22. The maximum absolute atomic E-state index is 11.1. The van der Waals surface area contributed by atoms with Crippen molar-refractivity contribution in [3.63, 3.8) is 0 Å². The highest BCUT2D eigenvalue weighted by molar-refractivity contribution is 9.10. The Bertz CT molecular complexity index is 312. The number of hydrogen-bond donors (Lipinski definition) is 1. The van der Waals surface area contributed by atoms with Crippen molar-refractivity contribution in [2.75, 3.05) is 10.5 Å². The molecule has 1 N–H and O–H groups in total. The molecule has 1 unspecified atom stereocenters. The molecule has 72 valence electrons. The van der Waals surface area contributed by atoms with Crippen molar-refractivity contribution >= 4 is 44.2 Å². The van der Waals surface area contributed by atoms with Crippen LogP contribution >= 0.6 is 27.5 Å². The van der Waals surface area contributed by atoms with Gasteiger partial charge in [-0.05, 0) is 18.2 Å². The molecule has 0 amide bonds. The van der Waals surface area contributed by atoms with Gasteiger partial charge in [0.15, 0.2) is 0 Å². The lowest BCUT2D eigenvalue weighted by Crippen LogP contribution is -2.05. The SMILES string of the molecule is CCS(=O)Nc1cc(Cl)cc(Br)c1. The summed E-state index contributed by atoms with van der Waals surface area (Å²) in [7, 11) is -1.02. The lowest BCUT2D eigenvalue weighted by atomic mass is 10.3. The van der Waals surface area contributed by atoms with Gasteiger partial charge in [-0.1, -0.05) is 34.5 Å². The lowest BCUT2D eigenvalue weighted by Gasteiger charge is -2.04. The second kappa shape index (κ2) is 4.98. The summed E-state index contributed by atoms with van der Waals surface area (Å²) in [5.41, 5.74) is 0.763. The van der Waals surface area contributed by atoms with Gasteiger partial charge in [-0.15, -0.1) is 0 Å². The van der Waals surface area contributed by atoms with Crippen LogP contribution in [0.5, 0.6) is 0 Å². The maximum atomic E-state index is 11.1. The van der Waals surface area contributed by atoms with E-state index in [2.05, 4.69) is 20.7 Å². The lowest BCUT2D eigenvalue weighted by molar-refractivity contribution is 0.687. The predicted octanol–water partition coefficient (Wildman–Crippen LogP) is 3.20. The molecule has 0 radical (unpaired) electrons. The van der Waals surface area contributed by atoms with E-state index in [-0.39, 0.29) is 0 Å². The zero-order valence-electron chi connectivity index (χ0n) is 7.01. The number of hydrogen-bond acceptors (Lipinski definition) is 1. The van der Waals surface area contributed by atoms with Crippen LogP contribution in [0, 0.1) is 0 Å². The Labute approximate surface area is 93.4 Å². The van der Waals surface area contributed by atoms with E-state index in [1.54, 1.807) is 12.1 Å². The number of benzene rings is 1. The van der Waals surface area contributed by atoms with E-state index in [1.807, 2.05) is 13.0 Å². The van der Waals surface area contributed by atoms with Crippen LogP contribution in [-0.2, 0) is 11.0 Å². The van der Waals surface area contributed by atoms with E-state index >= 15 is 0 Å². The van der Waals surface area contributed by atoms with Crippen molar-refractivity contribution in [3.8, 4) is 0 Å². The first-order valence-electron chi connectivity index (χ1n) is 3.73. The summed E-state index contributed by atoms with van der Waals surface area (Å²) in [6.07, 6.45) is 0. The van der Waals surface area contributed by atoms with Crippen molar-refractivity contribution in [1.82, 2.24) is 0 Å². The molecule has 0 saturated carbocycles. The van der Waals surface area contributed by atoms with Crippen molar-refractivity contribution in [1.29, 1.82) is 0 Å². The van der Waals surface area contributed by atoms with Crippen LogP contribution in [0.3, 0.4) is 0 Å². The van der Waals surface area contributed by atoms with E-state index in [0.717, 1.165) is 10.2 Å². The fourth-order valence-corrected chi connectivity index (χ4v) is 2.20. The average molecular weight is 283 g/mol. The summed E-state index contributed by atoms with van der Waals surface area (Å²) in [6, 6.07) is 5.35. The molecule has 0 spiro atoms. The molecule has 1 rings (SSSR count). The molecule has 0 fully saturated rings. The first kappa shape index (κ1) is 11.0. The second-order valence-electron chi connectivity index (χ2n) is 2.39. The summed E-state index contributed by atoms with van der Waals surface area (Å²) in [4.78, 5) is 0. The van der Waals surface area contributed by atoms with Crippen molar-refractivity contribution in [2.24, 2.45) is 0 Å². The van der Waals surface area contributed by atoms with Crippen LogP contribution in [-0.4, -0.2) is 9.96 Å². The van der Waals surface area contributed by atoms with Crippen LogP contribution in [0.2, 0.25) is 5.02 Å². The molecule has 1 aromatic carbocycles. The molecule has 0 heterocycles. The molecule has 13 heavy (non-hydrogen) atoms. The van der Waals surface area contributed by atoms with Gasteiger partial charge in [0.05, 0.1) is 0 Å². The van der Waals surface area contributed by atoms with Gasteiger partial charge in [0.1, 0.15) is 11.0 Å². The van der Waals surface area contributed by atoms with Crippen LogP contribution in [0.1, 0.15) is 6.92 Å². The van der Waals surface area contributed by atoms with Crippen LogP contribution in [0.4, 0.5) is 5.69 Å². The molecular weight excluding hydrogens is 274 g/mol. The Morgan fingerprint density at radius 3 is 2.77 bits per heavy atom. The summed E-state index contributed by atoms with van der Waals surface area (Å²) in [5.74, 6) is 0.574. The molecule has 0 aliphatic heterocycles. The van der Waals surface area contributed by atoms with Gasteiger partial charge >= 0.3 is 0 Å². The smallest absolute Gasteiger partial charge is 0.116 e. The number of nitrogens with one attached hydrogen (secondary N) is 1. The van der Waals surface area contributed by atoms with Crippen LogP contribution in [0.25, 0.3) is 0 Å². The molecule has 0 aromatic heterocycles. The number of anilines is 1. The first-order valence-corrected chi connectivity index (χ1v) is 6.22. The quantitative estimate of drug-likeness (QED) is 0.906. The third-order valence-electron chi connectivity index (χ3n) is 1.36. The predicted molar refractivity (Wildman–Crippen MR) is 61.5 cm³/mol. The van der Waals surface area contributed by atoms with E-state index < -0.39 is 11.0 Å². The highest BCUT2D eigenvalue weighted by Crippen LogP contribution is 2.22. The van der Waals surface area contributed by atoms with Crippen molar-refractivity contribution in [2.45, 2.75) is 6.92 Å². The number of rotatable bonds is 3. The largest absolute Gasteiger partial charge is 0.305 e. The van der Waals surface area contributed by atoms with Gasteiger partial charge in [0, 0.05) is 20.9 Å². The molecule has 0 bridgehead atoms. The molecule has 0 aliphatic rings. The van der Waals surface area contributed by atoms with Crippen molar-refractivity contribution < 1.29 is 4.21 Å². The Morgan fingerprint density at radius 2 is 2.23 bits per heavy atom. The zero-order chi connectivity index (χ0) is 9.84. The fourth-order valence-electron chi connectivity index (χ4n) is 0.816. The van der Waals surface area contributed by atoms with E-state index in [4.69, 9.17) is 11.6 Å². The molecule has 2 nitrogen and oxygen atoms in total. The summed E-state index contributed by atoms with van der Waals surface area (Å²) in [6.45, 7) is 1.85. The maximum Gasteiger partial charge on any atom is 0.116 e. The van der Waals surface area contributed by atoms with Gasteiger partial charge in [0.2, 0.25) is 0 Å². The molecular formula is C8H9BrClNOS. The zero-order valence-corrected chi connectivity index (χ0v) is 10.2. The van der Waals surface area contributed by atoms with Crippen LogP contribution in [0.15, 0.2) is 22.7 Å². The standard InChI is InChI=1S/C8H9BrClNOS/c1-2-13(12)11-8-4-6(9)3-7(10)5-8/h3-5,11H,2H2,1H3. The highest BCUT2D eigenvalue weighted by atomic mass is 79.9. The fraction of sp³-hybridized carbons (Fsp3) is 0.250. The van der Waals surface area contributed by atoms with Gasteiger partial charge in [-0.3, -0.25) is 0 Å². The molecule has 0 aliphatic carbocycles. The van der Waals surface area contributed by atoms with E-state index in [1.165, 1.54) is 0 Å².